The maximum Gasteiger partial charge on any atom is 0.248 e. The zero-order chi connectivity index (χ0) is 58.9. The molecular weight excluding hydrogens is 1000 g/mol. The quantitative estimate of drug-likeness (QED) is 0.0913. The highest BCUT2D eigenvalue weighted by molar-refractivity contribution is 6.05. The number of ketones is 3. The van der Waals surface area contributed by atoms with Gasteiger partial charge in [0.05, 0.1) is 10.8 Å². The Morgan fingerprint density at radius 1 is 0.412 bits per heavy atom. The van der Waals surface area contributed by atoms with Crippen molar-refractivity contribution in [1.82, 2.24) is 0 Å². The normalized spacial score (nSPS) is 9.85. The van der Waals surface area contributed by atoms with Crippen LogP contribution in [0.3, 0.4) is 0 Å². The van der Waals surface area contributed by atoms with Gasteiger partial charge in [-0.25, -0.2) is 22.8 Å². The van der Waals surface area contributed by atoms with Gasteiger partial charge in [0.1, 0.15) is 49.3 Å². The van der Waals surface area contributed by atoms with Gasteiger partial charge in [0.25, 0.3) is 0 Å². The number of para-hydroxylation sites is 3. The molecule has 0 saturated carbocycles. The zero-order valence-corrected chi connectivity index (χ0v) is 47.8. The number of fused-ring (bicyclic) bond motifs is 3. The fourth-order valence-corrected chi connectivity index (χ4v) is 7.93. The molecule has 0 aliphatic heterocycles. The Kier molecular flexibility index (Phi) is 24.6. The van der Waals surface area contributed by atoms with Crippen molar-refractivity contribution >= 4 is 75.2 Å². The number of aldehydes is 4. The Morgan fingerprint density at radius 3 is 1.49 bits per heavy atom. The predicted molar refractivity (Wildman–Crippen MR) is 307 cm³/mol. The molecule has 0 atom stereocenters. The SMILES string of the molecule is CC(=O)c1cc[n+](C)c2ccccc12.CC(=O)c1cc[n+](C)cc1.CC(=O)c1cccc[n+]1C.C[n+]1c(C=O)ccc2ccccc21.C[n+]1ccc(C=O)c2ccccc21.Cc1c[n+](C)ccc1C=O.Cc1cc(C=O)cc[n+]1C. The van der Waals surface area contributed by atoms with Gasteiger partial charge in [0.2, 0.25) is 40.0 Å². The molecule has 0 radical (unpaired) electrons. The first-order valence-electron chi connectivity index (χ1n) is 25.5. The number of pyridine rings is 7. The van der Waals surface area contributed by atoms with Gasteiger partial charge in [-0.1, -0.05) is 36.4 Å². The van der Waals surface area contributed by atoms with Crippen molar-refractivity contribution in [3.8, 4) is 0 Å². The fraction of sp³-hybridized carbons (Fsp3) is 0.182. The third kappa shape index (κ3) is 18.4. The molecule has 10 rings (SSSR count). The molecule has 0 bridgehead atoms. The predicted octanol–water partition coefficient (Wildman–Crippen LogP) is 7.51. The van der Waals surface area contributed by atoms with E-state index in [9.17, 15) is 33.6 Å². The van der Waals surface area contributed by atoms with Gasteiger partial charge in [0.15, 0.2) is 85.7 Å². The lowest BCUT2D eigenvalue weighted by molar-refractivity contribution is -0.677. The standard InChI is InChI=1S/C12H12NO.2C11H10NO.4C8H10NO/c1-9(14)10-7-8-13(2)12-6-4-3-5-11(10)12;1-12-7-6-9(8-13)10-4-2-3-5-11(10)12;1-12-10(8-13)7-6-9-4-2-3-5-11(9)12;1-7(10)8-3-5-9(2)6-4-8;1-7-5-9(2)4-3-8(7)6-10;1-7-5-8(6-10)3-4-9(7)2;1-7(10)8-5-3-4-6-9(8)2/h3-8H,1-2H3;2*2-8H,1H3;4*3-6H,1-2H3/q7*+1. The van der Waals surface area contributed by atoms with Crippen LogP contribution >= 0.6 is 0 Å². The number of Topliss-reactive ketones (excluding diaryl/α,β-unsaturated/α-hetero) is 3. The van der Waals surface area contributed by atoms with Gasteiger partial charge < -0.3 is 0 Å². The first-order valence-corrected chi connectivity index (χ1v) is 25.5. The van der Waals surface area contributed by atoms with E-state index >= 15 is 0 Å². The van der Waals surface area contributed by atoms with E-state index in [1.165, 1.54) is 0 Å². The smallest absolute Gasteiger partial charge is 0.248 e. The van der Waals surface area contributed by atoms with Gasteiger partial charge >= 0.3 is 0 Å². The van der Waals surface area contributed by atoms with Gasteiger partial charge in [-0.2, -0.15) is 9.13 Å². The van der Waals surface area contributed by atoms with Gasteiger partial charge in [-0.05, 0) is 51.1 Å². The van der Waals surface area contributed by atoms with Crippen molar-refractivity contribution in [2.75, 3.05) is 0 Å². The Morgan fingerprint density at radius 2 is 0.950 bits per heavy atom. The van der Waals surface area contributed by atoms with E-state index in [0.717, 1.165) is 103 Å². The van der Waals surface area contributed by atoms with E-state index in [1.807, 2.05) is 284 Å². The van der Waals surface area contributed by atoms with E-state index in [-0.39, 0.29) is 17.3 Å². The van der Waals surface area contributed by atoms with Crippen LogP contribution < -0.4 is 32.0 Å². The summed E-state index contributed by atoms with van der Waals surface area (Å²) < 4.78 is 13.5. The number of carbonyl (C=O) groups excluding carboxylic acids is 7. The van der Waals surface area contributed by atoms with Crippen molar-refractivity contribution < 1.29 is 65.5 Å². The molecule has 0 unspecified atom stereocenters. The second-order valence-electron chi connectivity index (χ2n) is 18.7. The Balaban J connectivity index is 0.000000202. The minimum atomic E-state index is 0.100. The minimum absolute atomic E-state index is 0.100. The highest BCUT2D eigenvalue weighted by Crippen LogP contribution is 2.15. The summed E-state index contributed by atoms with van der Waals surface area (Å²) in [6.45, 7) is 8.61. The van der Waals surface area contributed by atoms with E-state index in [0.29, 0.717) is 5.69 Å². The number of carbonyl (C=O) groups is 7. The number of hydrogen-bond acceptors (Lipinski definition) is 7. The van der Waals surface area contributed by atoms with Crippen molar-refractivity contribution in [1.29, 1.82) is 0 Å². The molecule has 7 aromatic heterocycles. The lowest BCUT2D eigenvalue weighted by Crippen LogP contribution is -2.34. The number of hydrogen-bond donors (Lipinski definition) is 0. The van der Waals surface area contributed by atoms with Crippen LogP contribution in [0.5, 0.6) is 0 Å². The summed E-state index contributed by atoms with van der Waals surface area (Å²) in [4.78, 5) is 74.9. The Labute approximate surface area is 468 Å². The molecule has 0 aliphatic carbocycles. The Hall–Kier alpha value is -9.82. The van der Waals surface area contributed by atoms with Crippen LogP contribution in [0.25, 0.3) is 32.7 Å². The zero-order valence-electron chi connectivity index (χ0n) is 47.8. The van der Waals surface area contributed by atoms with Crippen LogP contribution in [0.15, 0.2) is 195 Å². The summed E-state index contributed by atoms with van der Waals surface area (Å²) in [5.41, 5.74) is 10.6. The monoisotopic (exact) mass is 1070 g/mol. The van der Waals surface area contributed by atoms with Gasteiger partial charge in [0, 0.05) is 131 Å². The molecule has 10 aromatic rings. The Bertz CT molecular complexity index is 3800. The molecule has 3 aromatic carbocycles. The molecule has 7 heterocycles. The van der Waals surface area contributed by atoms with Crippen LogP contribution in [-0.2, 0) is 49.3 Å². The summed E-state index contributed by atoms with van der Waals surface area (Å²) >= 11 is 0. The molecular formula is C66H72N7O7+7. The van der Waals surface area contributed by atoms with Crippen LogP contribution in [0, 0.1) is 13.8 Å². The van der Waals surface area contributed by atoms with Crippen molar-refractivity contribution in [2.24, 2.45) is 49.3 Å². The summed E-state index contributed by atoms with van der Waals surface area (Å²) in [5, 5.41) is 3.17. The molecule has 0 aliphatic rings. The summed E-state index contributed by atoms with van der Waals surface area (Å²) in [7, 11) is 13.5. The summed E-state index contributed by atoms with van der Waals surface area (Å²) in [6, 6.07) is 45.9. The number of nitrogens with zero attached hydrogens (tertiary/aromatic N) is 7. The molecule has 14 heteroatoms. The molecule has 0 fully saturated rings. The fourth-order valence-electron chi connectivity index (χ4n) is 7.93. The molecule has 0 N–H and O–H groups in total. The van der Waals surface area contributed by atoms with E-state index < -0.39 is 0 Å². The van der Waals surface area contributed by atoms with Crippen molar-refractivity contribution in [3.63, 3.8) is 0 Å². The van der Waals surface area contributed by atoms with Crippen molar-refractivity contribution in [2.45, 2.75) is 34.6 Å². The molecule has 0 amide bonds. The molecule has 406 valence electrons. The number of aromatic nitrogens is 7. The third-order valence-electron chi connectivity index (χ3n) is 12.7. The van der Waals surface area contributed by atoms with Gasteiger partial charge in [-0.15, -0.1) is 0 Å². The second kappa shape index (κ2) is 31.4. The highest BCUT2D eigenvalue weighted by Gasteiger charge is 2.13. The first-order chi connectivity index (χ1) is 38.2. The number of aryl methyl sites for hydroxylation is 9. The van der Waals surface area contributed by atoms with E-state index in [1.54, 1.807) is 26.8 Å². The highest BCUT2D eigenvalue weighted by atomic mass is 16.1. The largest absolute Gasteiger partial charge is 0.298 e. The lowest BCUT2D eigenvalue weighted by Gasteiger charge is -2.00. The van der Waals surface area contributed by atoms with Crippen LogP contribution in [0.2, 0.25) is 0 Å². The third-order valence-corrected chi connectivity index (χ3v) is 12.7. The van der Waals surface area contributed by atoms with Crippen molar-refractivity contribution in [3.05, 3.63) is 246 Å². The van der Waals surface area contributed by atoms with E-state index in [4.69, 9.17) is 0 Å². The molecule has 0 spiro atoms. The second-order valence-corrected chi connectivity index (χ2v) is 18.7. The minimum Gasteiger partial charge on any atom is -0.298 e. The topological polar surface area (TPSA) is 147 Å². The molecule has 80 heavy (non-hydrogen) atoms. The lowest BCUT2D eigenvalue weighted by atomic mass is 10.1. The average Bonchev–Trinajstić information content (AvgIpc) is 3.47. The maximum atomic E-state index is 11.4. The number of benzene rings is 3. The molecule has 0 saturated heterocycles. The first kappa shape index (κ1) is 62.7. The average molecular weight is 1080 g/mol. The maximum absolute atomic E-state index is 11.4. The summed E-state index contributed by atoms with van der Waals surface area (Å²) in [6.07, 6.45) is 18.5. The number of rotatable bonds is 7. The molecule has 14 nitrogen and oxygen atoms in total. The van der Waals surface area contributed by atoms with Crippen LogP contribution in [0.1, 0.15) is 105 Å². The van der Waals surface area contributed by atoms with Crippen LogP contribution in [0.4, 0.5) is 0 Å². The van der Waals surface area contributed by atoms with Gasteiger partial charge in [-0.3, -0.25) is 33.6 Å². The summed E-state index contributed by atoms with van der Waals surface area (Å²) in [5.74, 6) is 0.325. The van der Waals surface area contributed by atoms with Crippen LogP contribution in [-0.4, -0.2) is 42.5 Å². The van der Waals surface area contributed by atoms with E-state index in [2.05, 4.69) is 0 Å².